The molecule has 3 aromatic rings. The van der Waals surface area contributed by atoms with E-state index in [-0.39, 0.29) is 0 Å². The predicted octanol–water partition coefficient (Wildman–Crippen LogP) is 1.92. The van der Waals surface area contributed by atoms with Crippen LogP contribution in [0.1, 0.15) is 0 Å². The van der Waals surface area contributed by atoms with Crippen molar-refractivity contribution in [3.8, 4) is 0 Å². The summed E-state index contributed by atoms with van der Waals surface area (Å²) in [6.07, 6.45) is 0. The van der Waals surface area contributed by atoms with Gasteiger partial charge in [-0.15, -0.1) is 0 Å². The summed E-state index contributed by atoms with van der Waals surface area (Å²) in [5.41, 5.74) is 0. The first-order chi connectivity index (χ1) is 11.2. The van der Waals surface area contributed by atoms with E-state index in [2.05, 4.69) is 97.7 Å². The maximum atomic E-state index is 8.25. The fraction of sp³-hybridized carbons (Fsp3) is 0.0526. The van der Waals surface area contributed by atoms with Crippen LogP contribution in [0.25, 0.3) is 0 Å². The van der Waals surface area contributed by atoms with Crippen LogP contribution >= 0.6 is 7.26 Å². The zero-order valence-electron chi connectivity index (χ0n) is 13.0. The second-order valence-electron chi connectivity index (χ2n) is 5.11. The van der Waals surface area contributed by atoms with Crippen molar-refractivity contribution in [2.24, 2.45) is 0 Å². The standard InChI is InChI=1S/C19H18P.BO2/c1-20(17-11-5-2-6-12-17,18-13-7-3-8-14-18)19-15-9-4-10-16-19;2-1-3/h2-16H,1H3;/q+1;-1. The molecule has 0 heterocycles. The Morgan fingerprint density at radius 1 is 0.652 bits per heavy atom. The number of hydrogen-bond acceptors (Lipinski definition) is 2. The van der Waals surface area contributed by atoms with Gasteiger partial charge in [0.15, 0.2) is 0 Å². The topological polar surface area (TPSA) is 40.1 Å². The van der Waals surface area contributed by atoms with Crippen LogP contribution in [0.15, 0.2) is 91.0 Å². The van der Waals surface area contributed by atoms with Crippen molar-refractivity contribution < 1.29 is 9.73 Å². The Bertz CT molecular complexity index is 621. The number of benzene rings is 3. The number of hydrogen-bond donors (Lipinski definition) is 0. The van der Waals surface area contributed by atoms with Gasteiger partial charge in [-0.1, -0.05) is 54.6 Å². The van der Waals surface area contributed by atoms with Gasteiger partial charge in [0.05, 0.1) is 6.66 Å². The monoisotopic (exact) mass is 320 g/mol. The van der Waals surface area contributed by atoms with Crippen LogP contribution in [0.3, 0.4) is 0 Å². The molecule has 0 aliphatic heterocycles. The number of rotatable bonds is 3. The molecule has 23 heavy (non-hydrogen) atoms. The molecule has 0 unspecified atom stereocenters. The first-order valence-corrected chi connectivity index (χ1v) is 9.56. The van der Waals surface area contributed by atoms with Gasteiger partial charge >= 0.3 is 17.1 Å². The maximum absolute atomic E-state index is 8.25. The Labute approximate surface area is 138 Å². The molecule has 0 saturated heterocycles. The van der Waals surface area contributed by atoms with Crippen LogP contribution in [0.5, 0.6) is 0 Å². The van der Waals surface area contributed by atoms with Crippen molar-refractivity contribution in [1.82, 2.24) is 0 Å². The summed E-state index contributed by atoms with van der Waals surface area (Å²) in [6, 6.07) is 32.6. The zero-order chi connectivity index (χ0) is 16.5. The summed E-state index contributed by atoms with van der Waals surface area (Å²) >= 11 is 0. The average molecular weight is 320 g/mol. The summed E-state index contributed by atoms with van der Waals surface area (Å²) < 4.78 is 8.25. The molecule has 0 atom stereocenters. The predicted molar refractivity (Wildman–Crippen MR) is 97.5 cm³/mol. The third kappa shape index (κ3) is 3.94. The molecule has 0 bridgehead atoms. The molecule has 0 saturated carbocycles. The third-order valence-corrected chi connectivity index (χ3v) is 7.81. The Morgan fingerprint density at radius 3 is 1.09 bits per heavy atom. The second-order valence-corrected chi connectivity index (χ2v) is 8.67. The van der Waals surface area contributed by atoms with Crippen molar-refractivity contribution in [3.05, 3.63) is 91.0 Å². The average Bonchev–Trinajstić information content (AvgIpc) is 2.64. The minimum absolute atomic E-state index is 0.500. The molecule has 114 valence electrons. The molecule has 0 N–H and O–H groups in total. The van der Waals surface area contributed by atoms with Gasteiger partial charge in [-0.2, -0.15) is 0 Å². The summed E-state index contributed by atoms with van der Waals surface area (Å²) in [5.74, 6) is 0. The van der Waals surface area contributed by atoms with E-state index in [4.69, 9.17) is 9.73 Å². The van der Waals surface area contributed by atoms with Gasteiger partial charge in [0, 0.05) is 0 Å². The first-order valence-electron chi connectivity index (χ1n) is 7.32. The van der Waals surface area contributed by atoms with E-state index in [0.29, 0.717) is 0 Å². The molecular weight excluding hydrogens is 302 g/mol. The Kier molecular flexibility index (Phi) is 6.25. The molecule has 0 amide bonds. The fourth-order valence-electron chi connectivity index (χ4n) is 2.63. The van der Waals surface area contributed by atoms with Crippen molar-refractivity contribution in [3.63, 3.8) is 0 Å². The summed E-state index contributed by atoms with van der Waals surface area (Å²) in [7, 11) is -2.03. The molecule has 0 aromatic heterocycles. The van der Waals surface area contributed by atoms with E-state index in [9.17, 15) is 0 Å². The fourth-order valence-corrected chi connectivity index (χ4v) is 5.83. The molecule has 3 rings (SSSR count). The normalized spacial score (nSPS) is 10.1. The van der Waals surface area contributed by atoms with Crippen LogP contribution in [-0.4, -0.2) is 14.0 Å². The molecule has 3 aromatic carbocycles. The van der Waals surface area contributed by atoms with E-state index >= 15 is 0 Å². The van der Waals surface area contributed by atoms with Crippen molar-refractivity contribution in [1.29, 1.82) is 0 Å². The van der Waals surface area contributed by atoms with Gasteiger partial charge in [0.2, 0.25) is 0 Å². The molecule has 2 nitrogen and oxygen atoms in total. The van der Waals surface area contributed by atoms with Crippen LogP contribution in [0.2, 0.25) is 0 Å². The molecular formula is C19H18BO2P. The quantitative estimate of drug-likeness (QED) is 0.546. The molecule has 0 spiro atoms. The third-order valence-electron chi connectivity index (χ3n) is 3.82. The second kappa shape index (κ2) is 8.40. The SMILES string of the molecule is C[P+](c1ccccc1)(c1ccccc1)c1ccccc1.O=B[O-]. The Hall–Kier alpha value is -2.25. The van der Waals surface area contributed by atoms with Gasteiger partial charge in [-0.05, 0) is 36.4 Å². The van der Waals surface area contributed by atoms with E-state index < -0.39 is 14.6 Å². The van der Waals surface area contributed by atoms with Gasteiger partial charge in [-0.25, -0.2) is 0 Å². The van der Waals surface area contributed by atoms with Crippen molar-refractivity contribution >= 4 is 30.5 Å². The molecule has 0 aliphatic rings. The van der Waals surface area contributed by atoms with Crippen LogP contribution in [0.4, 0.5) is 0 Å². The van der Waals surface area contributed by atoms with E-state index in [1.165, 1.54) is 15.9 Å². The van der Waals surface area contributed by atoms with Gasteiger partial charge < -0.3 is 0 Å². The zero-order valence-corrected chi connectivity index (χ0v) is 13.9. The first kappa shape index (κ1) is 17.1. The van der Waals surface area contributed by atoms with Crippen LogP contribution in [0, 0.1) is 0 Å². The van der Waals surface area contributed by atoms with Gasteiger partial charge in [0.1, 0.15) is 23.2 Å². The van der Waals surface area contributed by atoms with Gasteiger partial charge in [-0.3, -0.25) is 0 Å². The minimum atomic E-state index is -1.53. The summed E-state index contributed by atoms with van der Waals surface area (Å²) in [5, 5.41) is 12.5. The van der Waals surface area contributed by atoms with Gasteiger partial charge in [0.25, 0.3) is 0 Å². The Morgan fingerprint density at radius 2 is 0.870 bits per heavy atom. The summed E-state index contributed by atoms with van der Waals surface area (Å²) in [6.45, 7) is 2.41. The molecule has 4 heteroatoms. The van der Waals surface area contributed by atoms with Crippen molar-refractivity contribution in [2.75, 3.05) is 6.66 Å². The molecule has 0 radical (unpaired) electrons. The van der Waals surface area contributed by atoms with Crippen LogP contribution in [-0.2, 0) is 4.70 Å². The Balaban J connectivity index is 0.000000595. The van der Waals surface area contributed by atoms with E-state index in [0.717, 1.165) is 0 Å². The van der Waals surface area contributed by atoms with Crippen molar-refractivity contribution in [2.45, 2.75) is 0 Å². The summed E-state index contributed by atoms with van der Waals surface area (Å²) in [4.78, 5) is 0. The molecule has 0 aliphatic carbocycles. The van der Waals surface area contributed by atoms with Crippen LogP contribution < -0.4 is 20.9 Å². The van der Waals surface area contributed by atoms with E-state index in [1.807, 2.05) is 0 Å². The van der Waals surface area contributed by atoms with E-state index in [1.54, 1.807) is 0 Å². The molecule has 0 fully saturated rings.